The van der Waals surface area contributed by atoms with Gasteiger partial charge in [0.05, 0.1) is 14.2 Å². The Morgan fingerprint density at radius 1 is 1.10 bits per heavy atom. The lowest BCUT2D eigenvalue weighted by Crippen LogP contribution is -2.33. The van der Waals surface area contributed by atoms with Gasteiger partial charge in [-0.25, -0.2) is 0 Å². The van der Waals surface area contributed by atoms with Crippen LogP contribution in [0.3, 0.4) is 0 Å². The normalized spacial score (nSPS) is 15.6. The molecule has 0 radical (unpaired) electrons. The van der Waals surface area contributed by atoms with E-state index in [2.05, 4.69) is 15.9 Å². The van der Waals surface area contributed by atoms with Gasteiger partial charge in [0.2, 0.25) is 5.41 Å². The molecule has 0 aromatic heterocycles. The van der Waals surface area contributed by atoms with Crippen LogP contribution in [-0.2, 0) is 19.1 Å². The quantitative estimate of drug-likeness (QED) is 0.448. The standard InChI is InChI=1S/C16H17BrO4/c1-20-14(18)16(15(19)21-2)12(9-6-10-17)13(16)11-7-4-3-5-8-11/h3-5,7-8H,6,9-10H2,1-2H3. The van der Waals surface area contributed by atoms with E-state index in [4.69, 9.17) is 9.47 Å². The number of carbonyl (C=O) groups excluding carboxylic acids is 2. The first-order valence-electron chi connectivity index (χ1n) is 6.66. The van der Waals surface area contributed by atoms with Crippen molar-refractivity contribution in [2.75, 3.05) is 19.5 Å². The summed E-state index contributed by atoms with van der Waals surface area (Å²) in [6.07, 6.45) is 1.49. The third-order valence-electron chi connectivity index (χ3n) is 3.67. The molecule has 0 aliphatic heterocycles. The van der Waals surface area contributed by atoms with Crippen LogP contribution in [0.15, 0.2) is 35.9 Å². The van der Waals surface area contributed by atoms with Crippen LogP contribution in [0.4, 0.5) is 0 Å². The summed E-state index contributed by atoms with van der Waals surface area (Å²) in [7, 11) is 2.58. The van der Waals surface area contributed by atoms with E-state index in [-0.39, 0.29) is 0 Å². The molecule has 0 unspecified atom stereocenters. The van der Waals surface area contributed by atoms with Crippen molar-refractivity contribution in [1.82, 2.24) is 0 Å². The largest absolute Gasteiger partial charge is 0.468 e. The smallest absolute Gasteiger partial charge is 0.332 e. The van der Waals surface area contributed by atoms with Gasteiger partial charge in [-0.3, -0.25) is 9.59 Å². The minimum absolute atomic E-state index is 0.572. The summed E-state index contributed by atoms with van der Waals surface area (Å²) in [5.74, 6) is -1.14. The average Bonchev–Trinajstić information content (AvgIpc) is 3.21. The van der Waals surface area contributed by atoms with Gasteiger partial charge in [-0.1, -0.05) is 46.3 Å². The molecule has 0 saturated heterocycles. The van der Waals surface area contributed by atoms with Crippen molar-refractivity contribution in [2.24, 2.45) is 5.41 Å². The van der Waals surface area contributed by atoms with Crippen LogP contribution in [0.5, 0.6) is 0 Å². The zero-order valence-corrected chi connectivity index (χ0v) is 13.6. The van der Waals surface area contributed by atoms with E-state index < -0.39 is 17.4 Å². The lowest BCUT2D eigenvalue weighted by molar-refractivity contribution is -0.159. The zero-order chi connectivity index (χ0) is 15.5. The molecule has 1 aromatic carbocycles. The van der Waals surface area contributed by atoms with E-state index in [0.717, 1.165) is 28.5 Å². The number of halogens is 1. The van der Waals surface area contributed by atoms with Crippen LogP contribution >= 0.6 is 15.9 Å². The third kappa shape index (κ3) is 2.50. The summed E-state index contributed by atoms with van der Waals surface area (Å²) in [5.41, 5.74) is 1.03. The molecular weight excluding hydrogens is 336 g/mol. The predicted octanol–water partition coefficient (Wildman–Crippen LogP) is 2.96. The fourth-order valence-corrected chi connectivity index (χ4v) is 3.01. The molecule has 1 aromatic rings. The number of ether oxygens (including phenoxy) is 2. The van der Waals surface area contributed by atoms with E-state index in [1.165, 1.54) is 14.2 Å². The number of carbonyl (C=O) groups is 2. The Kier molecular flexibility index (Phi) is 4.83. The van der Waals surface area contributed by atoms with Crippen molar-refractivity contribution in [3.63, 3.8) is 0 Å². The molecule has 21 heavy (non-hydrogen) atoms. The maximum atomic E-state index is 12.3. The number of benzene rings is 1. The fraction of sp³-hybridized carbons (Fsp3) is 0.375. The molecule has 1 aliphatic carbocycles. The van der Waals surface area contributed by atoms with Crippen LogP contribution in [0.2, 0.25) is 0 Å². The monoisotopic (exact) mass is 352 g/mol. The Bertz CT molecular complexity index is 561. The van der Waals surface area contributed by atoms with Gasteiger partial charge in [-0.15, -0.1) is 0 Å². The number of rotatable bonds is 6. The Balaban J connectivity index is 2.46. The molecule has 5 heteroatoms. The van der Waals surface area contributed by atoms with Crippen LogP contribution in [0.25, 0.3) is 5.57 Å². The van der Waals surface area contributed by atoms with Gasteiger partial charge in [0.15, 0.2) is 0 Å². The molecule has 0 saturated carbocycles. The SMILES string of the molecule is COC(=O)C1(C(=O)OC)C(CCCBr)=C1c1ccccc1. The Morgan fingerprint density at radius 3 is 2.14 bits per heavy atom. The first-order chi connectivity index (χ1) is 10.1. The molecule has 0 N–H and O–H groups in total. The summed E-state index contributed by atoms with van der Waals surface area (Å²) in [4.78, 5) is 24.6. The van der Waals surface area contributed by atoms with E-state index >= 15 is 0 Å². The maximum Gasteiger partial charge on any atom is 0.332 e. The Hall–Kier alpha value is -1.62. The number of methoxy groups -OCH3 is 2. The van der Waals surface area contributed by atoms with Crippen LogP contribution in [0.1, 0.15) is 18.4 Å². The lowest BCUT2D eigenvalue weighted by atomic mass is 9.93. The highest BCUT2D eigenvalue weighted by molar-refractivity contribution is 9.09. The second-order valence-electron chi connectivity index (χ2n) is 4.75. The Labute approximate surface area is 132 Å². The van der Waals surface area contributed by atoms with E-state index in [1.807, 2.05) is 30.3 Å². The lowest BCUT2D eigenvalue weighted by Gasteiger charge is -2.15. The van der Waals surface area contributed by atoms with Crippen molar-refractivity contribution in [1.29, 1.82) is 0 Å². The molecule has 4 nitrogen and oxygen atoms in total. The van der Waals surface area contributed by atoms with E-state index in [0.29, 0.717) is 6.42 Å². The number of alkyl halides is 1. The molecule has 0 amide bonds. The molecule has 0 atom stereocenters. The van der Waals surface area contributed by atoms with Crippen molar-refractivity contribution < 1.29 is 19.1 Å². The summed E-state index contributed by atoms with van der Waals surface area (Å²) in [5, 5.41) is 0.803. The van der Waals surface area contributed by atoms with Crippen LogP contribution in [-0.4, -0.2) is 31.5 Å². The second kappa shape index (κ2) is 6.43. The summed E-state index contributed by atoms with van der Waals surface area (Å²) >= 11 is 3.37. The van der Waals surface area contributed by atoms with Gasteiger partial charge >= 0.3 is 11.9 Å². The highest BCUT2D eigenvalue weighted by Gasteiger charge is 2.66. The molecule has 0 fully saturated rings. The minimum atomic E-state index is -1.35. The minimum Gasteiger partial charge on any atom is -0.468 e. The van der Waals surface area contributed by atoms with Gasteiger partial charge in [-0.2, -0.15) is 0 Å². The highest BCUT2D eigenvalue weighted by Crippen LogP contribution is 2.61. The highest BCUT2D eigenvalue weighted by atomic mass is 79.9. The molecule has 0 bridgehead atoms. The molecular formula is C16H17BrO4. The molecule has 112 valence electrons. The second-order valence-corrected chi connectivity index (χ2v) is 5.54. The fourth-order valence-electron chi connectivity index (χ4n) is 2.72. The first-order valence-corrected chi connectivity index (χ1v) is 7.79. The predicted molar refractivity (Wildman–Crippen MR) is 82.9 cm³/mol. The topological polar surface area (TPSA) is 52.6 Å². The summed E-state index contributed by atoms with van der Waals surface area (Å²) in [6.45, 7) is 0. The van der Waals surface area contributed by atoms with Crippen molar-refractivity contribution >= 4 is 33.4 Å². The molecule has 2 rings (SSSR count). The van der Waals surface area contributed by atoms with Gasteiger partial charge in [0.1, 0.15) is 0 Å². The van der Waals surface area contributed by atoms with E-state index in [9.17, 15) is 9.59 Å². The number of esters is 2. The summed E-state index contributed by atoms with van der Waals surface area (Å²) in [6, 6.07) is 9.42. The van der Waals surface area contributed by atoms with Gasteiger partial charge in [0.25, 0.3) is 0 Å². The van der Waals surface area contributed by atoms with Crippen LogP contribution in [0, 0.1) is 5.41 Å². The van der Waals surface area contributed by atoms with E-state index in [1.54, 1.807) is 0 Å². The summed E-state index contributed by atoms with van der Waals surface area (Å²) < 4.78 is 9.74. The van der Waals surface area contributed by atoms with Crippen LogP contribution < -0.4 is 0 Å². The van der Waals surface area contributed by atoms with Gasteiger partial charge < -0.3 is 9.47 Å². The molecule has 0 heterocycles. The van der Waals surface area contributed by atoms with Crippen molar-refractivity contribution in [3.8, 4) is 0 Å². The van der Waals surface area contributed by atoms with Crippen molar-refractivity contribution in [2.45, 2.75) is 12.8 Å². The van der Waals surface area contributed by atoms with Gasteiger partial charge in [-0.05, 0) is 29.6 Å². The number of hydrogen-bond donors (Lipinski definition) is 0. The van der Waals surface area contributed by atoms with Gasteiger partial charge in [0, 0.05) is 5.33 Å². The Morgan fingerprint density at radius 2 is 1.67 bits per heavy atom. The third-order valence-corrected chi connectivity index (χ3v) is 4.23. The van der Waals surface area contributed by atoms with Crippen molar-refractivity contribution in [3.05, 3.63) is 41.5 Å². The maximum absolute atomic E-state index is 12.3. The zero-order valence-electron chi connectivity index (χ0n) is 12.0. The molecule has 1 aliphatic rings. The first kappa shape index (κ1) is 15.8. The average molecular weight is 353 g/mol. The number of hydrogen-bond acceptors (Lipinski definition) is 4. The molecule has 0 spiro atoms.